The Hall–Kier alpha value is -1.26. The van der Waals surface area contributed by atoms with E-state index in [4.69, 9.17) is 4.74 Å². The molecule has 0 saturated heterocycles. The minimum absolute atomic E-state index is 0.0707. The Bertz CT molecular complexity index is 626. The fraction of sp³-hybridized carbons (Fsp3) is 0.188. The van der Waals surface area contributed by atoms with Gasteiger partial charge in [-0.05, 0) is 43.3 Å². The monoisotopic (exact) mass is 350 g/mol. The first kappa shape index (κ1) is 15.1. The van der Waals surface area contributed by atoms with Crippen molar-refractivity contribution in [1.82, 2.24) is 0 Å². The van der Waals surface area contributed by atoms with Gasteiger partial charge in [-0.3, -0.25) is 4.79 Å². The van der Waals surface area contributed by atoms with Gasteiger partial charge < -0.3 is 4.74 Å². The molecule has 2 nitrogen and oxygen atoms in total. The Morgan fingerprint density at radius 3 is 2.70 bits per heavy atom. The average Bonchev–Trinajstić information content (AvgIpc) is 2.44. The minimum atomic E-state index is 0.0707. The van der Waals surface area contributed by atoms with Gasteiger partial charge in [0.05, 0.1) is 7.11 Å². The molecule has 0 aliphatic rings. The van der Waals surface area contributed by atoms with Gasteiger partial charge in [0.1, 0.15) is 5.75 Å². The molecule has 0 bridgehead atoms. The van der Waals surface area contributed by atoms with Crippen LogP contribution in [0.2, 0.25) is 0 Å². The molecule has 0 aliphatic carbocycles. The van der Waals surface area contributed by atoms with Crippen LogP contribution in [0.3, 0.4) is 0 Å². The molecule has 0 saturated carbocycles. The molecular weight excluding hydrogens is 336 g/mol. The highest BCUT2D eigenvalue weighted by atomic mass is 79.9. The van der Waals surface area contributed by atoms with E-state index in [9.17, 15) is 4.79 Å². The van der Waals surface area contributed by atoms with Gasteiger partial charge in [0.15, 0.2) is 5.78 Å². The van der Waals surface area contributed by atoms with Crippen molar-refractivity contribution >= 4 is 33.5 Å². The Balaban J connectivity index is 2.19. The highest BCUT2D eigenvalue weighted by Crippen LogP contribution is 2.30. The summed E-state index contributed by atoms with van der Waals surface area (Å²) in [5.41, 5.74) is 1.75. The third-order valence-electron chi connectivity index (χ3n) is 2.88. The highest BCUT2D eigenvalue weighted by Gasteiger charge is 2.08. The largest absolute Gasteiger partial charge is 0.496 e. The zero-order valence-electron chi connectivity index (χ0n) is 11.4. The van der Waals surface area contributed by atoms with E-state index in [1.54, 1.807) is 31.9 Å². The second-order valence-electron chi connectivity index (χ2n) is 4.33. The van der Waals surface area contributed by atoms with Gasteiger partial charge in [0.25, 0.3) is 0 Å². The van der Waals surface area contributed by atoms with Gasteiger partial charge in [0, 0.05) is 26.2 Å². The normalized spacial score (nSPS) is 10.3. The van der Waals surface area contributed by atoms with Crippen molar-refractivity contribution in [2.45, 2.75) is 17.6 Å². The number of thioether (sulfide) groups is 1. The summed E-state index contributed by atoms with van der Waals surface area (Å²) in [5.74, 6) is 1.65. The Kier molecular flexibility index (Phi) is 5.26. The van der Waals surface area contributed by atoms with Crippen LogP contribution in [0.25, 0.3) is 0 Å². The lowest BCUT2D eigenvalue weighted by molar-refractivity contribution is 0.101. The van der Waals surface area contributed by atoms with Crippen molar-refractivity contribution in [3.05, 3.63) is 58.1 Å². The molecule has 0 heterocycles. The van der Waals surface area contributed by atoms with Crippen molar-refractivity contribution in [3.63, 3.8) is 0 Å². The number of ether oxygens (including phenoxy) is 1. The quantitative estimate of drug-likeness (QED) is 0.563. The number of rotatable bonds is 5. The summed E-state index contributed by atoms with van der Waals surface area (Å²) < 4.78 is 6.42. The van der Waals surface area contributed by atoms with Crippen LogP contribution in [0.1, 0.15) is 22.8 Å². The first-order chi connectivity index (χ1) is 9.60. The van der Waals surface area contributed by atoms with E-state index in [-0.39, 0.29) is 5.78 Å². The minimum Gasteiger partial charge on any atom is -0.496 e. The zero-order chi connectivity index (χ0) is 14.5. The highest BCUT2D eigenvalue weighted by molar-refractivity contribution is 9.10. The van der Waals surface area contributed by atoms with Crippen LogP contribution < -0.4 is 4.74 Å². The predicted molar refractivity (Wildman–Crippen MR) is 86.7 cm³/mol. The average molecular weight is 351 g/mol. The number of carbonyl (C=O) groups excluding carboxylic acids is 1. The van der Waals surface area contributed by atoms with Crippen LogP contribution >= 0.6 is 27.7 Å². The molecule has 2 aromatic carbocycles. The Labute approximate surface area is 131 Å². The van der Waals surface area contributed by atoms with E-state index in [0.29, 0.717) is 0 Å². The maximum Gasteiger partial charge on any atom is 0.159 e. The van der Waals surface area contributed by atoms with E-state index in [2.05, 4.69) is 28.1 Å². The van der Waals surface area contributed by atoms with Crippen LogP contribution in [0.15, 0.2) is 51.8 Å². The van der Waals surface area contributed by atoms with E-state index in [1.165, 1.54) is 4.90 Å². The summed E-state index contributed by atoms with van der Waals surface area (Å²) in [6, 6.07) is 13.7. The van der Waals surface area contributed by atoms with Gasteiger partial charge in [0.2, 0.25) is 0 Å². The molecule has 0 spiro atoms. The molecule has 2 rings (SSSR count). The first-order valence-electron chi connectivity index (χ1n) is 6.16. The van der Waals surface area contributed by atoms with Crippen molar-refractivity contribution in [2.24, 2.45) is 0 Å². The van der Waals surface area contributed by atoms with Crippen molar-refractivity contribution in [2.75, 3.05) is 7.11 Å². The number of halogens is 1. The fourth-order valence-corrected chi connectivity index (χ4v) is 3.31. The molecule has 104 valence electrons. The number of ketones is 1. The van der Waals surface area contributed by atoms with Crippen molar-refractivity contribution in [1.29, 1.82) is 0 Å². The summed E-state index contributed by atoms with van der Waals surface area (Å²) in [6.07, 6.45) is 0. The molecule has 0 radical (unpaired) electrons. The maximum atomic E-state index is 11.5. The maximum absolute atomic E-state index is 11.5. The Morgan fingerprint density at radius 1 is 1.25 bits per heavy atom. The second-order valence-corrected chi connectivity index (χ2v) is 6.29. The lowest BCUT2D eigenvalue weighted by Crippen LogP contribution is -1.96. The van der Waals surface area contributed by atoms with Crippen LogP contribution in [0.4, 0.5) is 0 Å². The summed E-state index contributed by atoms with van der Waals surface area (Å²) in [6.45, 7) is 1.58. The van der Waals surface area contributed by atoms with Crippen LogP contribution in [0.5, 0.6) is 5.75 Å². The van der Waals surface area contributed by atoms with E-state index >= 15 is 0 Å². The third kappa shape index (κ3) is 3.87. The molecule has 0 unspecified atom stereocenters. The SMILES string of the molecule is COc1ccc(C(C)=O)cc1CSc1cccc(Br)c1. The number of hydrogen-bond donors (Lipinski definition) is 0. The van der Waals surface area contributed by atoms with Crippen LogP contribution in [0, 0.1) is 0 Å². The van der Waals surface area contributed by atoms with E-state index in [0.717, 1.165) is 27.1 Å². The van der Waals surface area contributed by atoms with E-state index < -0.39 is 0 Å². The summed E-state index contributed by atoms with van der Waals surface area (Å²) in [4.78, 5) is 12.6. The molecule has 0 N–H and O–H groups in total. The van der Waals surface area contributed by atoms with Crippen molar-refractivity contribution < 1.29 is 9.53 Å². The molecule has 0 fully saturated rings. The van der Waals surface area contributed by atoms with Crippen LogP contribution in [-0.2, 0) is 5.75 Å². The van der Waals surface area contributed by atoms with Crippen molar-refractivity contribution in [3.8, 4) is 5.75 Å². The topological polar surface area (TPSA) is 26.3 Å². The standard InChI is InChI=1S/C16H15BrO2S/c1-11(18)12-6-7-16(19-2)13(8-12)10-20-15-5-3-4-14(17)9-15/h3-9H,10H2,1-2H3. The zero-order valence-corrected chi connectivity index (χ0v) is 13.8. The smallest absolute Gasteiger partial charge is 0.159 e. The summed E-state index contributed by atoms with van der Waals surface area (Å²) >= 11 is 5.18. The first-order valence-corrected chi connectivity index (χ1v) is 7.94. The molecule has 20 heavy (non-hydrogen) atoms. The molecular formula is C16H15BrO2S. The fourth-order valence-electron chi connectivity index (χ4n) is 1.83. The number of carbonyl (C=O) groups is 1. The molecule has 4 heteroatoms. The predicted octanol–water partition coefficient (Wildman–Crippen LogP) is 4.95. The number of hydrogen-bond acceptors (Lipinski definition) is 3. The Morgan fingerprint density at radius 2 is 2.05 bits per heavy atom. The van der Waals surface area contributed by atoms with Gasteiger partial charge in [-0.25, -0.2) is 0 Å². The lowest BCUT2D eigenvalue weighted by Gasteiger charge is -2.10. The second kappa shape index (κ2) is 6.95. The van der Waals surface area contributed by atoms with Gasteiger partial charge in [-0.15, -0.1) is 11.8 Å². The number of benzene rings is 2. The molecule has 2 aromatic rings. The summed E-state index contributed by atoms with van der Waals surface area (Å²) in [7, 11) is 1.65. The van der Waals surface area contributed by atoms with Gasteiger partial charge in [-0.1, -0.05) is 22.0 Å². The molecule has 0 atom stereocenters. The lowest BCUT2D eigenvalue weighted by atomic mass is 10.1. The van der Waals surface area contributed by atoms with E-state index in [1.807, 2.05) is 24.3 Å². The number of Topliss-reactive ketones (excluding diaryl/α,β-unsaturated/α-hetero) is 1. The molecule has 0 aliphatic heterocycles. The number of methoxy groups -OCH3 is 1. The molecule has 0 amide bonds. The summed E-state index contributed by atoms with van der Waals surface area (Å²) in [5, 5.41) is 0. The van der Waals surface area contributed by atoms with Gasteiger partial charge in [-0.2, -0.15) is 0 Å². The van der Waals surface area contributed by atoms with Crippen LogP contribution in [-0.4, -0.2) is 12.9 Å². The molecule has 0 aromatic heterocycles. The third-order valence-corrected chi connectivity index (χ3v) is 4.41. The van der Waals surface area contributed by atoms with Gasteiger partial charge >= 0.3 is 0 Å².